The molecule has 18 heavy (non-hydrogen) atoms. The van der Waals surface area contributed by atoms with E-state index in [9.17, 15) is 5.11 Å². The number of hydrogen-bond donors (Lipinski definition) is 1. The van der Waals surface area contributed by atoms with Crippen molar-refractivity contribution >= 4 is 11.3 Å². The van der Waals surface area contributed by atoms with E-state index in [-0.39, 0.29) is 11.5 Å². The standard InChI is InChI=1S/C16H18OS/c1-11-10-12(2)18-14(11)15(17)16(8-9-16)13-6-4-3-5-7-13/h3-7,10,15,17H,8-9H2,1-2H3. The molecule has 0 aliphatic heterocycles. The van der Waals surface area contributed by atoms with Crippen molar-refractivity contribution < 1.29 is 5.11 Å². The fraction of sp³-hybridized carbons (Fsp3) is 0.375. The van der Waals surface area contributed by atoms with Gasteiger partial charge in [0.25, 0.3) is 0 Å². The van der Waals surface area contributed by atoms with Gasteiger partial charge in [0.1, 0.15) is 0 Å². The van der Waals surface area contributed by atoms with E-state index in [1.807, 2.05) is 6.07 Å². The van der Waals surface area contributed by atoms with Gasteiger partial charge in [-0.1, -0.05) is 30.3 Å². The third-order valence-corrected chi connectivity index (χ3v) is 5.19. The molecule has 1 atom stereocenters. The highest BCUT2D eigenvalue weighted by molar-refractivity contribution is 7.12. The molecule has 1 aromatic carbocycles. The lowest BCUT2D eigenvalue weighted by Gasteiger charge is -2.22. The largest absolute Gasteiger partial charge is 0.387 e. The summed E-state index contributed by atoms with van der Waals surface area (Å²) in [6.45, 7) is 4.21. The summed E-state index contributed by atoms with van der Waals surface area (Å²) in [7, 11) is 0. The van der Waals surface area contributed by atoms with E-state index >= 15 is 0 Å². The van der Waals surface area contributed by atoms with E-state index in [4.69, 9.17) is 0 Å². The van der Waals surface area contributed by atoms with Gasteiger partial charge < -0.3 is 5.11 Å². The van der Waals surface area contributed by atoms with Crippen LogP contribution >= 0.6 is 11.3 Å². The van der Waals surface area contributed by atoms with Crippen LogP contribution in [-0.4, -0.2) is 5.11 Å². The van der Waals surface area contributed by atoms with Gasteiger partial charge in [0.15, 0.2) is 0 Å². The van der Waals surface area contributed by atoms with Crippen molar-refractivity contribution in [3.63, 3.8) is 0 Å². The van der Waals surface area contributed by atoms with Gasteiger partial charge in [0, 0.05) is 15.2 Å². The van der Waals surface area contributed by atoms with Crippen LogP contribution < -0.4 is 0 Å². The Bertz CT molecular complexity index is 552. The van der Waals surface area contributed by atoms with Crippen molar-refractivity contribution in [1.82, 2.24) is 0 Å². The Kier molecular flexibility index (Phi) is 2.80. The van der Waals surface area contributed by atoms with Crippen molar-refractivity contribution in [3.05, 3.63) is 57.3 Å². The third-order valence-electron chi connectivity index (χ3n) is 3.99. The van der Waals surface area contributed by atoms with Gasteiger partial charge in [0.05, 0.1) is 6.10 Å². The SMILES string of the molecule is Cc1cc(C)c(C(O)C2(c3ccccc3)CC2)s1. The molecule has 1 aliphatic rings. The van der Waals surface area contributed by atoms with Crippen molar-refractivity contribution in [2.75, 3.05) is 0 Å². The van der Waals surface area contributed by atoms with Gasteiger partial charge in [-0.25, -0.2) is 0 Å². The summed E-state index contributed by atoms with van der Waals surface area (Å²) >= 11 is 1.73. The van der Waals surface area contributed by atoms with Gasteiger partial charge in [0.2, 0.25) is 0 Å². The Morgan fingerprint density at radius 1 is 1.17 bits per heavy atom. The molecule has 94 valence electrons. The smallest absolute Gasteiger partial charge is 0.0980 e. The quantitative estimate of drug-likeness (QED) is 0.877. The molecule has 1 saturated carbocycles. The first-order valence-electron chi connectivity index (χ1n) is 6.44. The maximum Gasteiger partial charge on any atom is 0.0980 e. The number of rotatable bonds is 3. The molecule has 0 bridgehead atoms. The van der Waals surface area contributed by atoms with E-state index in [0.29, 0.717) is 0 Å². The molecule has 3 rings (SSSR count). The molecule has 2 heteroatoms. The minimum absolute atomic E-state index is 0.0245. The van der Waals surface area contributed by atoms with Crippen molar-refractivity contribution in [2.24, 2.45) is 0 Å². The van der Waals surface area contributed by atoms with E-state index in [2.05, 4.69) is 44.2 Å². The van der Waals surface area contributed by atoms with Crippen molar-refractivity contribution in [2.45, 2.75) is 38.2 Å². The minimum Gasteiger partial charge on any atom is -0.387 e. The van der Waals surface area contributed by atoms with Crippen LogP contribution in [0, 0.1) is 13.8 Å². The Hall–Kier alpha value is -1.12. The van der Waals surface area contributed by atoms with Crippen molar-refractivity contribution in [1.29, 1.82) is 0 Å². The van der Waals surface area contributed by atoms with E-state index in [1.165, 1.54) is 16.0 Å². The van der Waals surface area contributed by atoms with E-state index < -0.39 is 0 Å². The molecular formula is C16H18OS. The van der Waals surface area contributed by atoms with Crippen LogP contribution in [0.2, 0.25) is 0 Å². The predicted octanol–water partition coefficient (Wildman–Crippen LogP) is 4.13. The monoisotopic (exact) mass is 258 g/mol. The first kappa shape index (κ1) is 11.9. The maximum atomic E-state index is 10.8. The summed E-state index contributed by atoms with van der Waals surface area (Å²) in [5, 5.41) is 10.8. The second kappa shape index (κ2) is 4.22. The molecule has 1 fully saturated rings. The summed E-state index contributed by atoms with van der Waals surface area (Å²) in [6, 6.07) is 12.6. The van der Waals surface area contributed by atoms with Crippen LogP contribution in [0.5, 0.6) is 0 Å². The van der Waals surface area contributed by atoms with Crippen LogP contribution in [0.25, 0.3) is 0 Å². The molecule has 2 aromatic rings. The molecule has 0 radical (unpaired) electrons. The summed E-state index contributed by atoms with van der Waals surface area (Å²) in [6.07, 6.45) is 1.84. The molecule has 1 N–H and O–H groups in total. The van der Waals surface area contributed by atoms with Crippen LogP contribution in [-0.2, 0) is 5.41 Å². The molecule has 1 nitrogen and oxygen atoms in total. The Labute approximate surface area is 112 Å². The molecule has 0 spiro atoms. The Morgan fingerprint density at radius 3 is 2.33 bits per heavy atom. The zero-order valence-electron chi connectivity index (χ0n) is 10.8. The highest BCUT2D eigenvalue weighted by Crippen LogP contribution is 2.57. The molecule has 1 heterocycles. The third kappa shape index (κ3) is 1.80. The number of hydrogen-bond acceptors (Lipinski definition) is 2. The Morgan fingerprint density at radius 2 is 1.83 bits per heavy atom. The number of thiophene rings is 1. The van der Waals surface area contributed by atoms with E-state index in [1.54, 1.807) is 11.3 Å². The second-order valence-corrected chi connectivity index (χ2v) is 6.62. The van der Waals surface area contributed by atoms with Gasteiger partial charge in [-0.15, -0.1) is 11.3 Å². The zero-order chi connectivity index (χ0) is 12.8. The second-order valence-electron chi connectivity index (χ2n) is 5.33. The van der Waals surface area contributed by atoms with Crippen LogP contribution in [0.3, 0.4) is 0 Å². The number of aliphatic hydroxyl groups is 1. The Balaban J connectivity index is 1.98. The fourth-order valence-corrected chi connectivity index (χ4v) is 3.95. The molecule has 1 aliphatic carbocycles. The lowest BCUT2D eigenvalue weighted by atomic mass is 9.88. The fourth-order valence-electron chi connectivity index (χ4n) is 2.81. The number of aliphatic hydroxyl groups excluding tert-OH is 1. The molecular weight excluding hydrogens is 240 g/mol. The van der Waals surface area contributed by atoms with Gasteiger partial charge in [-0.2, -0.15) is 0 Å². The lowest BCUT2D eigenvalue weighted by Crippen LogP contribution is -2.17. The number of benzene rings is 1. The average molecular weight is 258 g/mol. The van der Waals surface area contributed by atoms with E-state index in [0.717, 1.165) is 17.7 Å². The molecule has 0 saturated heterocycles. The van der Waals surface area contributed by atoms with Gasteiger partial charge in [-0.3, -0.25) is 0 Å². The molecule has 1 unspecified atom stereocenters. The first-order chi connectivity index (χ1) is 8.63. The van der Waals surface area contributed by atoms with Gasteiger partial charge >= 0.3 is 0 Å². The highest BCUT2D eigenvalue weighted by atomic mass is 32.1. The minimum atomic E-state index is -0.349. The normalized spacial score (nSPS) is 18.6. The first-order valence-corrected chi connectivity index (χ1v) is 7.26. The molecule has 1 aromatic heterocycles. The summed E-state index contributed by atoms with van der Waals surface area (Å²) in [5.74, 6) is 0. The topological polar surface area (TPSA) is 20.2 Å². The van der Waals surface area contributed by atoms with Crippen LogP contribution in [0.4, 0.5) is 0 Å². The van der Waals surface area contributed by atoms with Crippen LogP contribution in [0.1, 0.15) is 39.8 Å². The summed E-state index contributed by atoms with van der Waals surface area (Å²) in [4.78, 5) is 2.43. The average Bonchev–Trinajstić information content (AvgIpc) is 3.11. The maximum absolute atomic E-state index is 10.8. The zero-order valence-corrected chi connectivity index (χ0v) is 11.6. The lowest BCUT2D eigenvalue weighted by molar-refractivity contribution is 0.136. The highest BCUT2D eigenvalue weighted by Gasteiger charge is 2.51. The number of aryl methyl sites for hydroxylation is 2. The summed E-state index contributed by atoms with van der Waals surface area (Å²) in [5.41, 5.74) is 2.48. The van der Waals surface area contributed by atoms with Crippen LogP contribution in [0.15, 0.2) is 36.4 Å². The van der Waals surface area contributed by atoms with Gasteiger partial charge in [-0.05, 0) is 43.9 Å². The molecule has 0 amide bonds. The summed E-state index contributed by atoms with van der Waals surface area (Å²) < 4.78 is 0. The van der Waals surface area contributed by atoms with Crippen molar-refractivity contribution in [3.8, 4) is 0 Å². The predicted molar refractivity (Wildman–Crippen MR) is 76.1 cm³/mol.